The van der Waals surface area contributed by atoms with Gasteiger partial charge >= 0.3 is 0 Å². The van der Waals surface area contributed by atoms with Gasteiger partial charge in [-0.3, -0.25) is 9.59 Å². The average Bonchev–Trinajstić information content (AvgIpc) is 2.98. The van der Waals surface area contributed by atoms with Crippen LogP contribution in [0.15, 0.2) is 48.5 Å². The van der Waals surface area contributed by atoms with Crippen molar-refractivity contribution < 1.29 is 9.59 Å². The maximum Gasteiger partial charge on any atom is 0.255 e. The largest absolute Gasteiger partial charge is 0.354 e. The Kier molecular flexibility index (Phi) is 6.17. The molecule has 2 aromatic carbocycles. The van der Waals surface area contributed by atoms with Gasteiger partial charge in [0.05, 0.1) is 0 Å². The highest BCUT2D eigenvalue weighted by atomic mass is 35.5. The van der Waals surface area contributed by atoms with E-state index in [4.69, 9.17) is 11.6 Å². The lowest BCUT2D eigenvalue weighted by atomic mass is 10.0. The van der Waals surface area contributed by atoms with E-state index < -0.39 is 6.04 Å². The molecule has 3 rings (SSSR count). The second-order valence-electron chi connectivity index (χ2n) is 7.40. The minimum atomic E-state index is -0.449. The Balaban J connectivity index is 1.65. The van der Waals surface area contributed by atoms with Crippen molar-refractivity contribution in [2.75, 3.05) is 6.54 Å². The number of carbonyl (C=O) groups is 2. The summed E-state index contributed by atoms with van der Waals surface area (Å²) in [5.41, 5.74) is 2.82. The standard InChI is InChI=1S/C22H25ClN2O2/c1-15(2)13-20(25-14-17-5-3-4-6-19(17)22(25)27)21(26)24-12-11-16-7-9-18(23)10-8-16/h3-10,15,20H,11-14H2,1-2H3,(H,24,26)/t20-/m1/s1. The number of rotatable bonds is 7. The number of benzene rings is 2. The minimum absolute atomic E-state index is 0.0518. The van der Waals surface area contributed by atoms with Crippen molar-refractivity contribution in [2.45, 2.75) is 39.3 Å². The van der Waals surface area contributed by atoms with Gasteiger partial charge in [-0.25, -0.2) is 0 Å². The minimum Gasteiger partial charge on any atom is -0.354 e. The van der Waals surface area contributed by atoms with Crippen LogP contribution >= 0.6 is 11.6 Å². The van der Waals surface area contributed by atoms with E-state index in [2.05, 4.69) is 19.2 Å². The predicted molar refractivity (Wildman–Crippen MR) is 108 cm³/mol. The molecule has 4 nitrogen and oxygen atoms in total. The molecule has 1 aliphatic rings. The number of halogens is 1. The first-order valence-electron chi connectivity index (χ1n) is 9.36. The Morgan fingerprint density at radius 1 is 1.15 bits per heavy atom. The van der Waals surface area contributed by atoms with Gasteiger partial charge in [-0.15, -0.1) is 0 Å². The van der Waals surface area contributed by atoms with Gasteiger partial charge in [0.1, 0.15) is 6.04 Å². The molecule has 0 radical (unpaired) electrons. The predicted octanol–water partition coefficient (Wildman–Crippen LogP) is 4.07. The first-order chi connectivity index (χ1) is 13.0. The zero-order valence-electron chi connectivity index (χ0n) is 15.7. The molecule has 0 bridgehead atoms. The van der Waals surface area contributed by atoms with Crippen molar-refractivity contribution in [1.29, 1.82) is 0 Å². The van der Waals surface area contributed by atoms with E-state index in [0.717, 1.165) is 17.5 Å². The highest BCUT2D eigenvalue weighted by Crippen LogP contribution is 2.26. The summed E-state index contributed by atoms with van der Waals surface area (Å²) in [6.45, 7) is 5.17. The van der Waals surface area contributed by atoms with E-state index in [1.54, 1.807) is 4.90 Å². The molecule has 0 unspecified atom stereocenters. The van der Waals surface area contributed by atoms with E-state index in [0.29, 0.717) is 36.0 Å². The molecular weight excluding hydrogens is 360 g/mol. The van der Waals surface area contributed by atoms with Crippen molar-refractivity contribution in [1.82, 2.24) is 10.2 Å². The number of nitrogens with one attached hydrogen (secondary N) is 1. The van der Waals surface area contributed by atoms with Crippen LogP contribution in [0, 0.1) is 5.92 Å². The smallest absolute Gasteiger partial charge is 0.255 e. The second-order valence-corrected chi connectivity index (χ2v) is 7.84. The lowest BCUT2D eigenvalue weighted by molar-refractivity contribution is -0.126. The normalized spacial score (nSPS) is 14.4. The molecule has 0 spiro atoms. The molecule has 142 valence electrons. The summed E-state index contributed by atoms with van der Waals surface area (Å²) in [5.74, 6) is 0.177. The summed E-state index contributed by atoms with van der Waals surface area (Å²) in [6.07, 6.45) is 1.37. The number of nitrogens with zero attached hydrogens (tertiary/aromatic N) is 1. The van der Waals surface area contributed by atoms with Crippen LogP contribution in [0.4, 0.5) is 0 Å². The van der Waals surface area contributed by atoms with E-state index in [1.807, 2.05) is 48.5 Å². The first kappa shape index (κ1) is 19.4. The van der Waals surface area contributed by atoms with Crippen molar-refractivity contribution in [3.8, 4) is 0 Å². The molecule has 2 amide bonds. The van der Waals surface area contributed by atoms with E-state index in [9.17, 15) is 9.59 Å². The lowest BCUT2D eigenvalue weighted by Crippen LogP contribution is -2.48. The van der Waals surface area contributed by atoms with Crippen LogP contribution in [0.1, 0.15) is 41.8 Å². The topological polar surface area (TPSA) is 49.4 Å². The van der Waals surface area contributed by atoms with Gasteiger partial charge in [0.25, 0.3) is 5.91 Å². The zero-order chi connectivity index (χ0) is 19.4. The summed E-state index contributed by atoms with van der Waals surface area (Å²) < 4.78 is 0. The molecule has 0 saturated carbocycles. The van der Waals surface area contributed by atoms with Crippen LogP contribution in [-0.4, -0.2) is 29.3 Å². The van der Waals surface area contributed by atoms with E-state index >= 15 is 0 Å². The van der Waals surface area contributed by atoms with Crippen LogP contribution in [-0.2, 0) is 17.8 Å². The summed E-state index contributed by atoms with van der Waals surface area (Å²) in [5, 5.41) is 3.71. The molecule has 1 atom stereocenters. The monoisotopic (exact) mass is 384 g/mol. The van der Waals surface area contributed by atoms with Gasteiger partial charge in [-0.1, -0.05) is 55.8 Å². The third kappa shape index (κ3) is 4.69. The molecule has 0 fully saturated rings. The van der Waals surface area contributed by atoms with E-state index in [-0.39, 0.29) is 11.8 Å². The Morgan fingerprint density at radius 3 is 2.52 bits per heavy atom. The molecule has 2 aromatic rings. The summed E-state index contributed by atoms with van der Waals surface area (Å²) in [7, 11) is 0. The van der Waals surface area contributed by atoms with Crippen LogP contribution in [0.5, 0.6) is 0 Å². The summed E-state index contributed by atoms with van der Waals surface area (Å²) in [6, 6.07) is 14.8. The maximum atomic E-state index is 12.9. The highest BCUT2D eigenvalue weighted by molar-refractivity contribution is 6.30. The molecule has 5 heteroatoms. The first-order valence-corrected chi connectivity index (χ1v) is 9.74. The Labute approximate surface area is 165 Å². The second kappa shape index (κ2) is 8.57. The van der Waals surface area contributed by atoms with Gasteiger partial charge in [0.15, 0.2) is 0 Å². The van der Waals surface area contributed by atoms with Gasteiger partial charge in [0.2, 0.25) is 5.91 Å². The lowest BCUT2D eigenvalue weighted by Gasteiger charge is -2.28. The van der Waals surface area contributed by atoms with Crippen LogP contribution in [0.25, 0.3) is 0 Å². The highest BCUT2D eigenvalue weighted by Gasteiger charge is 2.36. The summed E-state index contributed by atoms with van der Waals surface area (Å²) >= 11 is 5.90. The molecular formula is C22H25ClN2O2. The zero-order valence-corrected chi connectivity index (χ0v) is 16.5. The van der Waals surface area contributed by atoms with Crippen molar-refractivity contribution in [3.63, 3.8) is 0 Å². The van der Waals surface area contributed by atoms with Gasteiger partial charge in [-0.2, -0.15) is 0 Å². The van der Waals surface area contributed by atoms with Gasteiger partial charge < -0.3 is 10.2 Å². The SMILES string of the molecule is CC(C)C[C@H](C(=O)NCCc1ccc(Cl)cc1)N1Cc2ccccc2C1=O. The third-order valence-electron chi connectivity index (χ3n) is 4.85. The maximum absolute atomic E-state index is 12.9. The van der Waals surface area contributed by atoms with Gasteiger partial charge in [0, 0.05) is 23.7 Å². The van der Waals surface area contributed by atoms with E-state index in [1.165, 1.54) is 0 Å². The van der Waals surface area contributed by atoms with Crippen LogP contribution in [0.3, 0.4) is 0 Å². The number of hydrogen-bond acceptors (Lipinski definition) is 2. The van der Waals surface area contributed by atoms with Crippen LogP contribution in [0.2, 0.25) is 5.02 Å². The molecule has 0 aliphatic carbocycles. The van der Waals surface area contributed by atoms with Crippen LogP contribution < -0.4 is 5.32 Å². The fraction of sp³-hybridized carbons (Fsp3) is 0.364. The Bertz CT molecular complexity index is 817. The molecule has 0 saturated heterocycles. The third-order valence-corrected chi connectivity index (χ3v) is 5.10. The number of carbonyl (C=O) groups excluding carboxylic acids is 2. The fourth-order valence-electron chi connectivity index (χ4n) is 3.45. The fourth-order valence-corrected chi connectivity index (χ4v) is 3.58. The van der Waals surface area contributed by atoms with Gasteiger partial charge in [-0.05, 0) is 48.1 Å². The number of fused-ring (bicyclic) bond motifs is 1. The summed E-state index contributed by atoms with van der Waals surface area (Å²) in [4.78, 5) is 27.4. The number of amides is 2. The molecule has 1 aliphatic heterocycles. The molecule has 1 heterocycles. The van der Waals surface area contributed by atoms with Crippen molar-refractivity contribution in [2.24, 2.45) is 5.92 Å². The average molecular weight is 385 g/mol. The molecule has 27 heavy (non-hydrogen) atoms. The van der Waals surface area contributed by atoms with Crippen molar-refractivity contribution in [3.05, 3.63) is 70.2 Å². The number of hydrogen-bond donors (Lipinski definition) is 1. The quantitative estimate of drug-likeness (QED) is 0.782. The van der Waals surface area contributed by atoms with Crippen molar-refractivity contribution >= 4 is 23.4 Å². The molecule has 1 N–H and O–H groups in total. The molecule has 0 aromatic heterocycles. The Morgan fingerprint density at radius 2 is 1.85 bits per heavy atom. The Hall–Kier alpha value is -2.33.